The zero-order valence-corrected chi connectivity index (χ0v) is 15.8. The highest BCUT2D eigenvalue weighted by Gasteiger charge is 2.51. The van der Waals surface area contributed by atoms with Crippen molar-refractivity contribution in [1.82, 2.24) is 5.32 Å². The average molecular weight is 430 g/mol. The molecule has 1 atom stereocenters. The summed E-state index contributed by atoms with van der Waals surface area (Å²) in [5, 5.41) is 8.12. The van der Waals surface area contributed by atoms with Crippen molar-refractivity contribution < 1.29 is 31.4 Å². The van der Waals surface area contributed by atoms with Gasteiger partial charge in [-0.1, -0.05) is 0 Å². The zero-order valence-electron chi connectivity index (χ0n) is 15.0. The van der Waals surface area contributed by atoms with Crippen molar-refractivity contribution in [1.29, 1.82) is 5.26 Å². The molecule has 0 spiro atoms. The maximum Gasteiger partial charge on any atom is 0.317 e. The number of benzene rings is 2. The van der Waals surface area contributed by atoms with Gasteiger partial charge in [-0.05, 0) is 36.0 Å². The number of halogens is 5. The number of hydrogen-bond donors (Lipinski definition) is 1. The van der Waals surface area contributed by atoms with Crippen LogP contribution in [0.3, 0.4) is 0 Å². The minimum atomic E-state index is -3.36. The molecule has 0 aromatic heterocycles. The van der Waals surface area contributed by atoms with Crippen molar-refractivity contribution in [3.63, 3.8) is 0 Å². The molecule has 4 nitrogen and oxygen atoms in total. The highest BCUT2D eigenvalue weighted by molar-refractivity contribution is 8.00. The normalized spacial score (nSPS) is 17.2. The maximum absolute atomic E-state index is 14.5. The Morgan fingerprint density at radius 1 is 1.28 bits per heavy atom. The number of nitriles is 1. The standard InChI is InChI=1S/C19H15F5N2O2S/c1-27-5-4-26-17-16-14(29-19(17,23)24)3-2-13(15(16)18(21)22)28-12-7-10(9-25)6-11(20)8-12/h2-3,6-8,17-18,26H,4-5H2,1H3. The number of nitrogens with one attached hydrogen (secondary N) is 1. The second kappa shape index (κ2) is 8.57. The highest BCUT2D eigenvalue weighted by Crippen LogP contribution is 2.57. The summed E-state index contributed by atoms with van der Waals surface area (Å²) < 4.78 is 80.6. The Hall–Kier alpha value is -2.35. The van der Waals surface area contributed by atoms with Gasteiger partial charge in [0.05, 0.1) is 23.8 Å². The van der Waals surface area contributed by atoms with Crippen LogP contribution in [0, 0.1) is 17.1 Å². The monoisotopic (exact) mass is 430 g/mol. The Balaban J connectivity index is 2.04. The van der Waals surface area contributed by atoms with E-state index in [1.165, 1.54) is 19.2 Å². The van der Waals surface area contributed by atoms with Crippen molar-refractivity contribution in [2.45, 2.75) is 22.6 Å². The maximum atomic E-state index is 14.5. The minimum Gasteiger partial charge on any atom is -0.457 e. The molecule has 1 aliphatic rings. The largest absolute Gasteiger partial charge is 0.457 e. The van der Waals surface area contributed by atoms with E-state index < -0.39 is 29.1 Å². The third-order valence-corrected chi connectivity index (χ3v) is 5.26. The smallest absolute Gasteiger partial charge is 0.317 e. The third-order valence-electron chi connectivity index (χ3n) is 4.18. The number of alkyl halides is 4. The fourth-order valence-corrected chi connectivity index (χ4v) is 4.10. The molecule has 1 N–H and O–H groups in total. The second-order valence-electron chi connectivity index (χ2n) is 6.12. The molecule has 0 saturated carbocycles. The van der Waals surface area contributed by atoms with E-state index in [0.717, 1.165) is 18.2 Å². The Kier molecular flexibility index (Phi) is 6.31. The summed E-state index contributed by atoms with van der Waals surface area (Å²) in [5.41, 5.74) is -1.04. The van der Waals surface area contributed by atoms with Gasteiger partial charge < -0.3 is 14.8 Å². The Morgan fingerprint density at radius 3 is 2.69 bits per heavy atom. The average Bonchev–Trinajstić information content (AvgIpc) is 2.91. The molecular weight excluding hydrogens is 415 g/mol. The number of rotatable bonds is 7. The molecule has 1 heterocycles. The topological polar surface area (TPSA) is 54.3 Å². The Labute approximate surface area is 167 Å². The van der Waals surface area contributed by atoms with Crippen molar-refractivity contribution in [3.8, 4) is 17.6 Å². The summed E-state index contributed by atoms with van der Waals surface area (Å²) in [5.74, 6) is -1.37. The van der Waals surface area contributed by atoms with Gasteiger partial charge in [-0.15, -0.1) is 0 Å². The predicted octanol–water partition coefficient (Wildman–Crippen LogP) is 5.40. The van der Waals surface area contributed by atoms with Gasteiger partial charge in [0.15, 0.2) is 0 Å². The molecule has 2 aromatic carbocycles. The first-order valence-corrected chi connectivity index (χ1v) is 9.21. The van der Waals surface area contributed by atoms with Gasteiger partial charge in [-0.25, -0.2) is 13.2 Å². The third kappa shape index (κ3) is 4.47. The molecule has 1 aliphatic heterocycles. The molecule has 0 fully saturated rings. The van der Waals surface area contributed by atoms with Crippen LogP contribution in [0.25, 0.3) is 0 Å². The van der Waals surface area contributed by atoms with Gasteiger partial charge in [0.25, 0.3) is 6.43 Å². The van der Waals surface area contributed by atoms with Crippen LogP contribution in [0.4, 0.5) is 22.0 Å². The van der Waals surface area contributed by atoms with Crippen LogP contribution in [0.2, 0.25) is 0 Å². The zero-order chi connectivity index (χ0) is 21.2. The quantitative estimate of drug-likeness (QED) is 0.471. The van der Waals surface area contributed by atoms with E-state index in [1.807, 2.05) is 0 Å². The summed E-state index contributed by atoms with van der Waals surface area (Å²) in [7, 11) is 1.39. The van der Waals surface area contributed by atoms with Crippen LogP contribution in [-0.4, -0.2) is 25.5 Å². The lowest BCUT2D eigenvalue weighted by atomic mass is 9.99. The van der Waals surface area contributed by atoms with Crippen molar-refractivity contribution >= 4 is 11.8 Å². The molecule has 0 radical (unpaired) electrons. The Morgan fingerprint density at radius 2 is 2.03 bits per heavy atom. The SMILES string of the molecule is COCCNC1c2c(ccc(Oc3cc(F)cc(C#N)c3)c2C(F)F)SC1(F)F. The molecule has 0 amide bonds. The van der Waals surface area contributed by atoms with Crippen LogP contribution in [0.5, 0.6) is 11.5 Å². The predicted molar refractivity (Wildman–Crippen MR) is 96.0 cm³/mol. The molecule has 29 heavy (non-hydrogen) atoms. The fraction of sp³-hybridized carbons (Fsp3) is 0.316. The van der Waals surface area contributed by atoms with Crippen LogP contribution in [0.1, 0.15) is 29.2 Å². The molecule has 0 saturated heterocycles. The minimum absolute atomic E-state index is 0.00419. The second-order valence-corrected chi connectivity index (χ2v) is 7.31. The van der Waals surface area contributed by atoms with Crippen molar-refractivity contribution in [3.05, 3.63) is 52.8 Å². The molecule has 0 aliphatic carbocycles. The van der Waals surface area contributed by atoms with E-state index >= 15 is 0 Å². The van der Waals surface area contributed by atoms with Gasteiger partial charge in [0.1, 0.15) is 23.4 Å². The van der Waals surface area contributed by atoms with Crippen LogP contribution >= 0.6 is 11.8 Å². The number of fused-ring (bicyclic) bond motifs is 1. The van der Waals surface area contributed by atoms with Crippen LogP contribution in [-0.2, 0) is 4.74 Å². The molecule has 10 heteroatoms. The number of nitrogens with zero attached hydrogens (tertiary/aromatic N) is 1. The first-order chi connectivity index (χ1) is 13.8. The highest BCUT2D eigenvalue weighted by atomic mass is 32.2. The van der Waals surface area contributed by atoms with E-state index in [-0.39, 0.29) is 52.4 Å². The number of ether oxygens (including phenoxy) is 2. The summed E-state index contributed by atoms with van der Waals surface area (Å²) in [6.07, 6.45) is -3.12. The van der Waals surface area contributed by atoms with Gasteiger partial charge in [-0.2, -0.15) is 14.0 Å². The van der Waals surface area contributed by atoms with Gasteiger partial charge in [0.2, 0.25) is 0 Å². The lowest BCUT2D eigenvalue weighted by Gasteiger charge is -2.22. The number of methoxy groups -OCH3 is 1. The van der Waals surface area contributed by atoms with Crippen molar-refractivity contribution in [2.24, 2.45) is 0 Å². The van der Waals surface area contributed by atoms with Gasteiger partial charge in [-0.3, -0.25) is 0 Å². The van der Waals surface area contributed by atoms with E-state index in [0.29, 0.717) is 0 Å². The lowest BCUT2D eigenvalue weighted by molar-refractivity contribution is 0.0574. The number of thioether (sulfide) groups is 1. The molecular formula is C19H15F5N2O2S. The molecule has 3 rings (SSSR count). The lowest BCUT2D eigenvalue weighted by Crippen LogP contribution is -2.34. The van der Waals surface area contributed by atoms with Crippen LogP contribution in [0.15, 0.2) is 35.2 Å². The van der Waals surface area contributed by atoms with E-state index in [4.69, 9.17) is 14.7 Å². The molecule has 2 aromatic rings. The van der Waals surface area contributed by atoms with E-state index in [2.05, 4.69) is 5.32 Å². The molecule has 0 bridgehead atoms. The molecule has 1 unspecified atom stereocenters. The Bertz CT molecular complexity index is 949. The number of hydrogen-bond acceptors (Lipinski definition) is 5. The van der Waals surface area contributed by atoms with E-state index in [1.54, 1.807) is 6.07 Å². The first-order valence-electron chi connectivity index (χ1n) is 8.39. The fourth-order valence-electron chi connectivity index (χ4n) is 3.01. The molecule has 154 valence electrons. The summed E-state index contributed by atoms with van der Waals surface area (Å²) >= 11 is 0.186. The van der Waals surface area contributed by atoms with Crippen molar-refractivity contribution in [2.75, 3.05) is 20.3 Å². The van der Waals surface area contributed by atoms with Gasteiger partial charge in [0, 0.05) is 30.2 Å². The van der Waals surface area contributed by atoms with Crippen LogP contribution < -0.4 is 10.1 Å². The van der Waals surface area contributed by atoms with E-state index in [9.17, 15) is 22.0 Å². The van der Waals surface area contributed by atoms with Gasteiger partial charge >= 0.3 is 5.25 Å². The summed E-state index contributed by atoms with van der Waals surface area (Å²) in [6, 6.07) is 5.49. The summed E-state index contributed by atoms with van der Waals surface area (Å²) in [4.78, 5) is 0.00419. The summed E-state index contributed by atoms with van der Waals surface area (Å²) in [6.45, 7) is 0.146. The first kappa shape index (κ1) is 21.4.